The van der Waals surface area contributed by atoms with Gasteiger partial charge in [-0.15, -0.1) is 0 Å². The van der Waals surface area contributed by atoms with Crippen molar-refractivity contribution in [1.29, 1.82) is 0 Å². The fourth-order valence-corrected chi connectivity index (χ4v) is 4.06. The number of carbonyl (C=O) groups excluding carboxylic acids is 1. The third-order valence-electron chi connectivity index (χ3n) is 5.02. The highest BCUT2D eigenvalue weighted by atomic mass is 35.5. The highest BCUT2D eigenvalue weighted by Crippen LogP contribution is 2.50. The quantitative estimate of drug-likeness (QED) is 0.575. The average molecular weight is 336 g/mol. The number of hydrogen-bond acceptors (Lipinski definition) is 4. The van der Waals surface area contributed by atoms with Gasteiger partial charge in [-0.05, 0) is 44.6 Å². The highest BCUT2D eigenvalue weighted by molar-refractivity contribution is 6.30. The van der Waals surface area contributed by atoms with Crippen LogP contribution in [0, 0.1) is 0 Å². The molecule has 2 aliphatic rings. The van der Waals surface area contributed by atoms with Crippen molar-refractivity contribution >= 4 is 17.7 Å². The molecule has 0 amide bonds. The van der Waals surface area contributed by atoms with Gasteiger partial charge in [-0.25, -0.2) is 4.79 Å². The smallest absolute Gasteiger partial charge is 0.235 e. The van der Waals surface area contributed by atoms with Crippen molar-refractivity contribution in [3.63, 3.8) is 0 Å². The maximum atomic E-state index is 11.0. The van der Waals surface area contributed by atoms with E-state index in [1.54, 1.807) is 19.3 Å². The average Bonchev–Trinajstić information content (AvgIpc) is 3.21. The van der Waals surface area contributed by atoms with Crippen LogP contribution < -0.4 is 9.47 Å². The molecule has 5 heteroatoms. The molecule has 0 aromatic heterocycles. The van der Waals surface area contributed by atoms with Gasteiger partial charge >= 0.3 is 0 Å². The van der Waals surface area contributed by atoms with E-state index in [1.165, 1.54) is 12.8 Å². The largest absolute Gasteiger partial charge is 0.493 e. The summed E-state index contributed by atoms with van der Waals surface area (Å²) < 4.78 is 11.8. The van der Waals surface area contributed by atoms with Crippen molar-refractivity contribution in [2.75, 3.05) is 7.11 Å². The van der Waals surface area contributed by atoms with Crippen molar-refractivity contribution in [3.05, 3.63) is 22.7 Å². The minimum Gasteiger partial charge on any atom is -0.493 e. The first kappa shape index (κ1) is 16.4. The number of isocyanates is 1. The zero-order valence-electron chi connectivity index (χ0n) is 13.4. The summed E-state index contributed by atoms with van der Waals surface area (Å²) in [5.41, 5.74) is 0.294. The molecule has 0 atom stereocenters. The lowest BCUT2D eigenvalue weighted by atomic mass is 9.88. The third kappa shape index (κ3) is 3.24. The van der Waals surface area contributed by atoms with Crippen molar-refractivity contribution in [1.82, 2.24) is 0 Å². The van der Waals surface area contributed by atoms with Gasteiger partial charge in [0.1, 0.15) is 5.54 Å². The third-order valence-corrected chi connectivity index (χ3v) is 5.24. The molecule has 0 saturated heterocycles. The van der Waals surface area contributed by atoms with Crippen LogP contribution in [0.25, 0.3) is 0 Å². The van der Waals surface area contributed by atoms with Crippen LogP contribution in [-0.4, -0.2) is 19.3 Å². The molecule has 0 spiro atoms. The maximum absolute atomic E-state index is 11.0. The minimum atomic E-state index is -0.576. The lowest BCUT2D eigenvalue weighted by molar-refractivity contribution is 0.194. The van der Waals surface area contributed by atoms with E-state index in [2.05, 4.69) is 4.99 Å². The van der Waals surface area contributed by atoms with Gasteiger partial charge in [0.25, 0.3) is 0 Å². The van der Waals surface area contributed by atoms with Gasteiger partial charge in [0.2, 0.25) is 6.08 Å². The van der Waals surface area contributed by atoms with Crippen LogP contribution >= 0.6 is 11.6 Å². The van der Waals surface area contributed by atoms with E-state index in [4.69, 9.17) is 21.1 Å². The first-order chi connectivity index (χ1) is 11.2. The normalized spacial score (nSPS) is 20.3. The van der Waals surface area contributed by atoms with Gasteiger partial charge in [-0.3, -0.25) is 0 Å². The van der Waals surface area contributed by atoms with Gasteiger partial charge in [-0.2, -0.15) is 4.99 Å². The van der Waals surface area contributed by atoms with Crippen molar-refractivity contribution < 1.29 is 14.3 Å². The summed E-state index contributed by atoms with van der Waals surface area (Å²) >= 11 is 6.28. The molecule has 0 unspecified atom stereocenters. The Balaban J connectivity index is 2.09. The Bertz CT molecular complexity index is 613. The zero-order valence-corrected chi connectivity index (χ0v) is 14.2. The van der Waals surface area contributed by atoms with Crippen LogP contribution in [-0.2, 0) is 10.3 Å². The van der Waals surface area contributed by atoms with Crippen LogP contribution in [0.5, 0.6) is 11.5 Å². The summed E-state index contributed by atoms with van der Waals surface area (Å²) in [5, 5.41) is 0.572. The number of hydrogen-bond donors (Lipinski definition) is 0. The lowest BCUT2D eigenvalue weighted by Gasteiger charge is -2.28. The Hall–Kier alpha value is -1.51. The monoisotopic (exact) mass is 335 g/mol. The molecule has 0 N–H and O–H groups in total. The Morgan fingerprint density at radius 3 is 2.52 bits per heavy atom. The second-order valence-electron chi connectivity index (χ2n) is 6.45. The zero-order chi connectivity index (χ0) is 16.3. The van der Waals surface area contributed by atoms with E-state index in [0.29, 0.717) is 16.5 Å². The number of halogens is 1. The van der Waals surface area contributed by atoms with Gasteiger partial charge in [0.05, 0.1) is 13.2 Å². The topological polar surface area (TPSA) is 47.9 Å². The first-order valence-electron chi connectivity index (χ1n) is 8.32. The summed E-state index contributed by atoms with van der Waals surface area (Å²) in [5.74, 6) is 1.32. The Morgan fingerprint density at radius 2 is 1.91 bits per heavy atom. The molecule has 4 nitrogen and oxygen atoms in total. The number of aliphatic imine (C=N–C) groups is 1. The van der Waals surface area contributed by atoms with Crippen LogP contribution in [0.2, 0.25) is 5.02 Å². The molecule has 2 saturated carbocycles. The number of benzene rings is 1. The molecule has 124 valence electrons. The molecular formula is C18H22ClNO3. The predicted octanol–water partition coefficient (Wildman–Crippen LogP) is 4.78. The SMILES string of the molecule is COc1cc(Cl)cc(C2(N=C=O)CCCC2)c1OC1CCCC1. The molecule has 0 aliphatic heterocycles. The summed E-state index contributed by atoms with van der Waals surface area (Å²) in [7, 11) is 1.61. The van der Waals surface area contributed by atoms with Gasteiger partial charge in [0, 0.05) is 16.7 Å². The standard InChI is InChI=1S/C18H22ClNO3/c1-22-16-11-13(19)10-15(17(16)23-14-6-2-3-7-14)18(20-12-21)8-4-5-9-18/h10-11,14H,2-9H2,1H3. The molecular weight excluding hydrogens is 314 g/mol. The summed E-state index contributed by atoms with van der Waals surface area (Å²) in [4.78, 5) is 15.2. The van der Waals surface area contributed by atoms with E-state index in [1.807, 2.05) is 6.07 Å². The highest BCUT2D eigenvalue weighted by Gasteiger charge is 2.40. The molecule has 0 bridgehead atoms. The second kappa shape index (κ2) is 6.94. The Morgan fingerprint density at radius 1 is 1.22 bits per heavy atom. The fraction of sp³-hybridized carbons (Fsp3) is 0.611. The number of ether oxygens (including phenoxy) is 2. The lowest BCUT2D eigenvalue weighted by Crippen LogP contribution is -2.22. The molecule has 1 aromatic rings. The predicted molar refractivity (Wildman–Crippen MR) is 89.2 cm³/mol. The van der Waals surface area contributed by atoms with E-state index in [0.717, 1.165) is 44.1 Å². The molecule has 1 aromatic carbocycles. The molecule has 3 rings (SSSR count). The van der Waals surface area contributed by atoms with Crippen molar-refractivity contribution in [2.24, 2.45) is 4.99 Å². The van der Waals surface area contributed by atoms with E-state index >= 15 is 0 Å². The molecule has 23 heavy (non-hydrogen) atoms. The van der Waals surface area contributed by atoms with Gasteiger partial charge in [-0.1, -0.05) is 24.4 Å². The van der Waals surface area contributed by atoms with E-state index in [9.17, 15) is 4.79 Å². The number of nitrogens with zero attached hydrogens (tertiary/aromatic N) is 1. The second-order valence-corrected chi connectivity index (χ2v) is 6.89. The minimum absolute atomic E-state index is 0.197. The van der Waals surface area contributed by atoms with Crippen LogP contribution in [0.1, 0.15) is 56.9 Å². The van der Waals surface area contributed by atoms with Crippen molar-refractivity contribution in [2.45, 2.75) is 63.0 Å². The van der Waals surface area contributed by atoms with Crippen molar-refractivity contribution in [3.8, 4) is 11.5 Å². The maximum Gasteiger partial charge on any atom is 0.235 e. The summed E-state index contributed by atoms with van der Waals surface area (Å²) in [6.07, 6.45) is 10.1. The van der Waals surface area contributed by atoms with E-state index < -0.39 is 5.54 Å². The van der Waals surface area contributed by atoms with Crippen LogP contribution in [0.3, 0.4) is 0 Å². The summed E-state index contributed by atoms with van der Waals surface area (Å²) in [6.45, 7) is 0. The molecule has 0 heterocycles. The Labute approximate surface area is 141 Å². The number of rotatable bonds is 5. The van der Waals surface area contributed by atoms with E-state index in [-0.39, 0.29) is 6.10 Å². The Kier molecular flexibility index (Phi) is 4.93. The molecule has 2 aliphatic carbocycles. The fourth-order valence-electron chi connectivity index (χ4n) is 3.85. The van der Waals surface area contributed by atoms with Gasteiger partial charge in [0.15, 0.2) is 11.5 Å². The van der Waals surface area contributed by atoms with Gasteiger partial charge < -0.3 is 9.47 Å². The van der Waals surface area contributed by atoms with Crippen LogP contribution in [0.4, 0.5) is 0 Å². The van der Waals surface area contributed by atoms with Crippen LogP contribution in [0.15, 0.2) is 17.1 Å². The summed E-state index contributed by atoms with van der Waals surface area (Å²) in [6, 6.07) is 3.64. The molecule has 2 fully saturated rings. The molecule has 0 radical (unpaired) electrons. The number of methoxy groups -OCH3 is 1. The first-order valence-corrected chi connectivity index (χ1v) is 8.70.